The molecule has 1 unspecified atom stereocenters. The fourth-order valence-electron chi connectivity index (χ4n) is 1.21. The second-order valence-electron chi connectivity index (χ2n) is 3.32. The van der Waals surface area contributed by atoms with Gasteiger partial charge in [0.05, 0.1) is 5.56 Å². The molecule has 0 amide bonds. The largest absolute Gasteiger partial charge is 0.479 e. The van der Waals surface area contributed by atoms with E-state index in [9.17, 15) is 26.7 Å². The molecule has 0 aliphatic carbocycles. The third kappa shape index (κ3) is 3.40. The molecule has 17 heavy (non-hydrogen) atoms. The summed E-state index contributed by atoms with van der Waals surface area (Å²) < 4.78 is 62.4. The molecule has 0 saturated heterocycles. The maximum atomic E-state index is 12.8. The first-order valence-electron chi connectivity index (χ1n) is 4.44. The van der Waals surface area contributed by atoms with Gasteiger partial charge in [0, 0.05) is 6.42 Å². The van der Waals surface area contributed by atoms with Crippen molar-refractivity contribution in [2.75, 3.05) is 0 Å². The minimum atomic E-state index is -4.89. The molecule has 0 aromatic heterocycles. The highest BCUT2D eigenvalue weighted by molar-refractivity contribution is 5.72. The van der Waals surface area contributed by atoms with Crippen molar-refractivity contribution >= 4 is 5.97 Å². The van der Waals surface area contributed by atoms with Crippen LogP contribution in [0.5, 0.6) is 0 Å². The summed E-state index contributed by atoms with van der Waals surface area (Å²) >= 11 is 0. The van der Waals surface area contributed by atoms with Gasteiger partial charge in [-0.25, -0.2) is 13.6 Å². The number of carbonyl (C=O) groups is 1. The quantitative estimate of drug-likeness (QED) is 0.842. The number of rotatable bonds is 3. The van der Waals surface area contributed by atoms with Crippen molar-refractivity contribution in [1.29, 1.82) is 0 Å². The van der Waals surface area contributed by atoms with Crippen LogP contribution >= 0.6 is 0 Å². The Morgan fingerprint density at radius 2 is 1.94 bits per heavy atom. The second-order valence-corrected chi connectivity index (χ2v) is 3.32. The first-order chi connectivity index (χ1) is 7.71. The minimum Gasteiger partial charge on any atom is -0.479 e. The van der Waals surface area contributed by atoms with Gasteiger partial charge in [0.1, 0.15) is 5.82 Å². The van der Waals surface area contributed by atoms with E-state index in [1.165, 1.54) is 0 Å². The summed E-state index contributed by atoms with van der Waals surface area (Å²) in [5, 5.41) is 8.26. The van der Waals surface area contributed by atoms with Crippen molar-refractivity contribution in [3.05, 3.63) is 35.1 Å². The van der Waals surface area contributed by atoms with E-state index in [0.717, 1.165) is 6.07 Å². The van der Waals surface area contributed by atoms with Crippen LogP contribution in [0.3, 0.4) is 0 Å². The van der Waals surface area contributed by atoms with Gasteiger partial charge in [-0.05, 0) is 17.7 Å². The number of aliphatic carboxylic acids is 1. The lowest BCUT2D eigenvalue weighted by atomic mass is 10.0. The van der Waals surface area contributed by atoms with Crippen molar-refractivity contribution in [2.24, 2.45) is 0 Å². The van der Waals surface area contributed by atoms with E-state index in [4.69, 9.17) is 5.11 Å². The lowest BCUT2D eigenvalue weighted by Crippen LogP contribution is -2.18. The second kappa shape index (κ2) is 4.68. The molecule has 7 heteroatoms. The summed E-state index contributed by atoms with van der Waals surface area (Å²) in [6.07, 6.45) is -7.95. The van der Waals surface area contributed by atoms with Gasteiger partial charge in [-0.3, -0.25) is 0 Å². The highest BCUT2D eigenvalue weighted by Gasteiger charge is 2.34. The first kappa shape index (κ1) is 13.4. The number of hydrogen-bond donors (Lipinski definition) is 1. The molecular formula is C10H7F5O2. The number of benzene rings is 1. The summed E-state index contributed by atoms with van der Waals surface area (Å²) in [6.45, 7) is 0. The Bertz CT molecular complexity index is 427. The summed E-state index contributed by atoms with van der Waals surface area (Å²) in [6, 6.07) is 1.86. The van der Waals surface area contributed by atoms with Crippen LogP contribution in [0.2, 0.25) is 0 Å². The number of carboxylic acid groups (broad SMARTS) is 1. The smallest absolute Gasteiger partial charge is 0.419 e. The van der Waals surface area contributed by atoms with Crippen LogP contribution in [0.15, 0.2) is 18.2 Å². The van der Waals surface area contributed by atoms with Crippen LogP contribution in [-0.2, 0) is 17.4 Å². The van der Waals surface area contributed by atoms with Gasteiger partial charge >= 0.3 is 12.1 Å². The molecule has 0 saturated carbocycles. The van der Waals surface area contributed by atoms with Crippen LogP contribution in [0.4, 0.5) is 22.0 Å². The lowest BCUT2D eigenvalue weighted by molar-refractivity contribution is -0.142. The molecule has 1 N–H and O–H groups in total. The molecule has 1 aromatic rings. The molecule has 94 valence electrons. The molecule has 1 rings (SSSR count). The zero-order chi connectivity index (χ0) is 13.2. The summed E-state index contributed by atoms with van der Waals surface area (Å²) in [4.78, 5) is 10.2. The summed E-state index contributed by atoms with van der Waals surface area (Å²) in [5.41, 5.74) is -1.76. The average Bonchev–Trinajstić information content (AvgIpc) is 2.19. The molecule has 0 aliphatic rings. The highest BCUT2D eigenvalue weighted by Crippen LogP contribution is 2.32. The monoisotopic (exact) mass is 254 g/mol. The van der Waals surface area contributed by atoms with E-state index < -0.39 is 36.1 Å². The first-order valence-corrected chi connectivity index (χ1v) is 4.44. The average molecular weight is 254 g/mol. The van der Waals surface area contributed by atoms with Crippen LogP contribution < -0.4 is 0 Å². The van der Waals surface area contributed by atoms with Crippen molar-refractivity contribution in [3.8, 4) is 0 Å². The minimum absolute atomic E-state index is 0.228. The SMILES string of the molecule is O=C(O)C(F)Cc1ccc(F)c(C(F)(F)F)c1. The van der Waals surface area contributed by atoms with Crippen molar-refractivity contribution in [3.63, 3.8) is 0 Å². The maximum absolute atomic E-state index is 12.8. The van der Waals surface area contributed by atoms with Gasteiger partial charge in [0.25, 0.3) is 0 Å². The third-order valence-electron chi connectivity index (χ3n) is 2.02. The van der Waals surface area contributed by atoms with E-state index >= 15 is 0 Å². The number of hydrogen-bond acceptors (Lipinski definition) is 1. The molecule has 0 fully saturated rings. The normalized spacial score (nSPS) is 13.5. The zero-order valence-corrected chi connectivity index (χ0v) is 8.26. The maximum Gasteiger partial charge on any atom is 0.419 e. The van der Waals surface area contributed by atoms with Crippen LogP contribution in [0.1, 0.15) is 11.1 Å². The van der Waals surface area contributed by atoms with Crippen molar-refractivity contribution in [2.45, 2.75) is 18.8 Å². The highest BCUT2D eigenvalue weighted by atomic mass is 19.4. The van der Waals surface area contributed by atoms with Crippen LogP contribution in [0.25, 0.3) is 0 Å². The van der Waals surface area contributed by atoms with Gasteiger partial charge in [0.15, 0.2) is 0 Å². The van der Waals surface area contributed by atoms with Crippen LogP contribution in [0, 0.1) is 5.82 Å². The molecule has 1 aromatic carbocycles. The summed E-state index contributed by atoms with van der Waals surface area (Å²) in [5.74, 6) is -3.25. The molecule has 0 spiro atoms. The van der Waals surface area contributed by atoms with Crippen molar-refractivity contribution < 1.29 is 31.9 Å². The molecule has 1 atom stereocenters. The van der Waals surface area contributed by atoms with Gasteiger partial charge in [-0.2, -0.15) is 13.2 Å². The standard InChI is InChI=1S/C10H7F5O2/c11-7-2-1-5(4-8(12)9(16)17)3-6(7)10(13,14)15/h1-3,8H,4H2,(H,16,17). The molecule has 0 aliphatic heterocycles. The van der Waals surface area contributed by atoms with E-state index in [2.05, 4.69) is 0 Å². The lowest BCUT2D eigenvalue weighted by Gasteiger charge is -2.10. The summed E-state index contributed by atoms with van der Waals surface area (Å²) in [7, 11) is 0. The molecule has 0 heterocycles. The Kier molecular flexibility index (Phi) is 3.69. The number of halogens is 5. The van der Waals surface area contributed by atoms with Gasteiger partial charge in [0.2, 0.25) is 6.17 Å². The van der Waals surface area contributed by atoms with Gasteiger partial charge in [-0.1, -0.05) is 6.07 Å². The Hall–Kier alpha value is -1.66. The van der Waals surface area contributed by atoms with Gasteiger partial charge in [-0.15, -0.1) is 0 Å². The predicted molar refractivity (Wildman–Crippen MR) is 47.6 cm³/mol. The number of carboxylic acids is 1. The molecular weight excluding hydrogens is 247 g/mol. The third-order valence-corrected chi connectivity index (χ3v) is 2.02. The molecule has 2 nitrogen and oxygen atoms in total. The zero-order valence-electron chi connectivity index (χ0n) is 8.26. The van der Waals surface area contributed by atoms with E-state index in [0.29, 0.717) is 12.1 Å². The van der Waals surface area contributed by atoms with E-state index in [1.807, 2.05) is 0 Å². The molecule has 0 bridgehead atoms. The molecule has 0 radical (unpaired) electrons. The Morgan fingerprint density at radius 3 is 2.41 bits per heavy atom. The van der Waals surface area contributed by atoms with Crippen molar-refractivity contribution in [1.82, 2.24) is 0 Å². The van der Waals surface area contributed by atoms with Crippen LogP contribution in [-0.4, -0.2) is 17.2 Å². The van der Waals surface area contributed by atoms with E-state index in [1.54, 1.807) is 0 Å². The fourth-order valence-corrected chi connectivity index (χ4v) is 1.21. The Balaban J connectivity index is 3.01. The Labute approximate surface area is 92.7 Å². The van der Waals surface area contributed by atoms with E-state index in [-0.39, 0.29) is 5.56 Å². The Morgan fingerprint density at radius 1 is 1.35 bits per heavy atom. The fraction of sp³-hybridized carbons (Fsp3) is 0.300. The topological polar surface area (TPSA) is 37.3 Å². The number of alkyl halides is 4. The van der Waals surface area contributed by atoms with Gasteiger partial charge < -0.3 is 5.11 Å². The predicted octanol–water partition coefficient (Wildman–Crippen LogP) is 2.81.